The van der Waals surface area contributed by atoms with Crippen molar-refractivity contribution < 1.29 is 14.2 Å². The van der Waals surface area contributed by atoms with Crippen molar-refractivity contribution >= 4 is 0 Å². The summed E-state index contributed by atoms with van der Waals surface area (Å²) in [6.07, 6.45) is 1.46. The molecule has 2 aromatic rings. The molecule has 0 saturated heterocycles. The van der Waals surface area contributed by atoms with Crippen molar-refractivity contribution in [2.24, 2.45) is 0 Å². The van der Waals surface area contributed by atoms with E-state index in [1.54, 1.807) is 12.1 Å². The maximum absolute atomic E-state index is 13.6. The zero-order valence-corrected chi connectivity index (χ0v) is 12.5. The van der Waals surface area contributed by atoms with E-state index < -0.39 is 6.10 Å². The third-order valence-electron chi connectivity index (χ3n) is 3.54. The van der Waals surface area contributed by atoms with Crippen molar-refractivity contribution in [1.29, 1.82) is 0 Å². The van der Waals surface area contributed by atoms with Crippen LogP contribution in [0.2, 0.25) is 0 Å². The van der Waals surface area contributed by atoms with Crippen LogP contribution >= 0.6 is 0 Å². The van der Waals surface area contributed by atoms with E-state index in [1.165, 1.54) is 24.3 Å². The molecule has 2 aromatic carbocycles. The van der Waals surface area contributed by atoms with Crippen LogP contribution in [0, 0.1) is 12.7 Å². The summed E-state index contributed by atoms with van der Waals surface area (Å²) in [4.78, 5) is 0. The van der Waals surface area contributed by atoms with Crippen LogP contribution in [0.3, 0.4) is 0 Å². The number of ether oxygens (including phenoxy) is 1. The lowest BCUT2D eigenvalue weighted by molar-refractivity contribution is 0.165. The van der Waals surface area contributed by atoms with Crippen LogP contribution in [0.5, 0.6) is 5.75 Å². The van der Waals surface area contributed by atoms with E-state index in [-0.39, 0.29) is 11.6 Å². The topological polar surface area (TPSA) is 29.5 Å². The first-order valence-corrected chi connectivity index (χ1v) is 7.14. The number of aryl methyl sites for hydroxylation is 2. The molecule has 0 aromatic heterocycles. The SMILES string of the molecule is COc1ccc(CC(O)CCc2cccc(C)c2)cc1F. The fourth-order valence-corrected chi connectivity index (χ4v) is 2.41. The average molecular weight is 288 g/mol. The first kappa shape index (κ1) is 15.5. The highest BCUT2D eigenvalue weighted by atomic mass is 19.1. The molecule has 3 heteroatoms. The molecule has 0 bridgehead atoms. The monoisotopic (exact) mass is 288 g/mol. The van der Waals surface area contributed by atoms with Crippen LogP contribution in [-0.4, -0.2) is 18.3 Å². The number of aliphatic hydroxyl groups is 1. The first-order valence-electron chi connectivity index (χ1n) is 7.14. The Morgan fingerprint density at radius 2 is 1.95 bits per heavy atom. The highest BCUT2D eigenvalue weighted by molar-refractivity contribution is 5.29. The Bertz CT molecular complexity index is 596. The number of halogens is 1. The van der Waals surface area contributed by atoms with Gasteiger partial charge in [-0.2, -0.15) is 0 Å². The quantitative estimate of drug-likeness (QED) is 0.878. The molecule has 2 nitrogen and oxygen atoms in total. The minimum atomic E-state index is -0.474. The molecule has 0 aliphatic heterocycles. The lowest BCUT2D eigenvalue weighted by Gasteiger charge is -2.12. The van der Waals surface area contributed by atoms with Crippen molar-refractivity contribution in [3.05, 3.63) is 65.0 Å². The molecule has 0 spiro atoms. The second-order valence-corrected chi connectivity index (χ2v) is 5.35. The molecule has 0 radical (unpaired) electrons. The van der Waals surface area contributed by atoms with Gasteiger partial charge in [0.15, 0.2) is 11.6 Å². The van der Waals surface area contributed by atoms with Crippen molar-refractivity contribution in [2.75, 3.05) is 7.11 Å². The summed E-state index contributed by atoms with van der Waals surface area (Å²) in [5, 5.41) is 10.1. The van der Waals surface area contributed by atoms with Gasteiger partial charge in [-0.1, -0.05) is 35.9 Å². The molecular weight excluding hydrogens is 267 g/mol. The van der Waals surface area contributed by atoms with Gasteiger partial charge in [0.25, 0.3) is 0 Å². The largest absolute Gasteiger partial charge is 0.494 e. The Balaban J connectivity index is 1.89. The van der Waals surface area contributed by atoms with Crippen LogP contribution in [0.15, 0.2) is 42.5 Å². The molecule has 0 fully saturated rings. The van der Waals surface area contributed by atoms with Crippen LogP contribution in [-0.2, 0) is 12.8 Å². The van der Waals surface area contributed by atoms with Gasteiger partial charge in [-0.05, 0) is 49.4 Å². The van der Waals surface area contributed by atoms with E-state index in [9.17, 15) is 9.50 Å². The number of aliphatic hydroxyl groups excluding tert-OH is 1. The molecule has 2 rings (SSSR count). The molecule has 1 unspecified atom stereocenters. The van der Waals surface area contributed by atoms with Gasteiger partial charge < -0.3 is 9.84 Å². The van der Waals surface area contributed by atoms with Crippen molar-refractivity contribution in [1.82, 2.24) is 0 Å². The van der Waals surface area contributed by atoms with Crippen molar-refractivity contribution in [2.45, 2.75) is 32.3 Å². The average Bonchev–Trinajstić information content (AvgIpc) is 2.45. The number of hydrogen-bond acceptors (Lipinski definition) is 2. The highest BCUT2D eigenvalue weighted by Gasteiger charge is 2.09. The maximum Gasteiger partial charge on any atom is 0.165 e. The van der Waals surface area contributed by atoms with Crippen LogP contribution in [0.25, 0.3) is 0 Å². The zero-order chi connectivity index (χ0) is 15.2. The Labute approximate surface area is 125 Å². The third kappa shape index (κ3) is 4.57. The van der Waals surface area contributed by atoms with E-state index in [2.05, 4.69) is 25.1 Å². The normalized spacial score (nSPS) is 12.2. The van der Waals surface area contributed by atoms with Gasteiger partial charge in [-0.15, -0.1) is 0 Å². The minimum absolute atomic E-state index is 0.230. The van der Waals surface area contributed by atoms with Gasteiger partial charge in [0.1, 0.15) is 0 Å². The summed E-state index contributed by atoms with van der Waals surface area (Å²) in [6, 6.07) is 13.1. The number of hydrogen-bond donors (Lipinski definition) is 1. The highest BCUT2D eigenvalue weighted by Crippen LogP contribution is 2.19. The Morgan fingerprint density at radius 1 is 1.14 bits per heavy atom. The van der Waals surface area contributed by atoms with E-state index >= 15 is 0 Å². The maximum atomic E-state index is 13.6. The van der Waals surface area contributed by atoms with Crippen molar-refractivity contribution in [3.63, 3.8) is 0 Å². The van der Waals surface area contributed by atoms with E-state index in [1.807, 2.05) is 6.07 Å². The van der Waals surface area contributed by atoms with Gasteiger partial charge in [-0.25, -0.2) is 4.39 Å². The predicted octanol–water partition coefficient (Wildman–Crippen LogP) is 3.68. The Hall–Kier alpha value is -1.87. The number of rotatable bonds is 6. The summed E-state index contributed by atoms with van der Waals surface area (Å²) >= 11 is 0. The van der Waals surface area contributed by atoms with Gasteiger partial charge in [-0.3, -0.25) is 0 Å². The first-order chi connectivity index (χ1) is 10.1. The molecule has 21 heavy (non-hydrogen) atoms. The molecule has 0 aliphatic carbocycles. The lowest BCUT2D eigenvalue weighted by atomic mass is 10.0. The standard InChI is InChI=1S/C18H21FO2/c1-13-4-3-5-14(10-13)6-8-16(20)11-15-7-9-18(21-2)17(19)12-15/h3-5,7,9-10,12,16,20H,6,8,11H2,1-2H3. The second-order valence-electron chi connectivity index (χ2n) is 5.35. The summed E-state index contributed by atoms with van der Waals surface area (Å²) in [5.41, 5.74) is 3.22. The fraction of sp³-hybridized carbons (Fsp3) is 0.333. The molecule has 0 saturated carbocycles. The molecule has 0 heterocycles. The number of benzene rings is 2. The lowest BCUT2D eigenvalue weighted by Crippen LogP contribution is -2.12. The van der Waals surface area contributed by atoms with Crippen LogP contribution in [0.1, 0.15) is 23.1 Å². The third-order valence-corrected chi connectivity index (χ3v) is 3.54. The molecule has 1 N–H and O–H groups in total. The molecular formula is C18H21FO2. The van der Waals surface area contributed by atoms with Gasteiger partial charge in [0.2, 0.25) is 0 Å². The summed E-state index contributed by atoms with van der Waals surface area (Å²) in [7, 11) is 1.44. The second kappa shape index (κ2) is 7.23. The zero-order valence-electron chi connectivity index (χ0n) is 12.5. The van der Waals surface area contributed by atoms with Gasteiger partial charge in [0, 0.05) is 0 Å². The fourth-order valence-electron chi connectivity index (χ4n) is 2.41. The predicted molar refractivity (Wildman–Crippen MR) is 82.2 cm³/mol. The number of methoxy groups -OCH3 is 1. The molecule has 1 atom stereocenters. The molecule has 112 valence electrons. The Kier molecular flexibility index (Phi) is 5.34. The van der Waals surface area contributed by atoms with Crippen molar-refractivity contribution in [3.8, 4) is 5.75 Å². The van der Waals surface area contributed by atoms with E-state index in [4.69, 9.17) is 4.74 Å². The van der Waals surface area contributed by atoms with Gasteiger partial charge in [0.05, 0.1) is 13.2 Å². The van der Waals surface area contributed by atoms with Crippen LogP contribution in [0.4, 0.5) is 4.39 Å². The molecule has 0 amide bonds. The summed E-state index contributed by atoms with van der Waals surface area (Å²) in [6.45, 7) is 2.06. The molecule has 0 aliphatic rings. The Morgan fingerprint density at radius 3 is 2.62 bits per heavy atom. The van der Waals surface area contributed by atoms with Gasteiger partial charge >= 0.3 is 0 Å². The summed E-state index contributed by atoms with van der Waals surface area (Å²) in [5.74, 6) is -0.158. The minimum Gasteiger partial charge on any atom is -0.494 e. The van der Waals surface area contributed by atoms with E-state index in [0.717, 1.165) is 12.0 Å². The summed E-state index contributed by atoms with van der Waals surface area (Å²) < 4.78 is 18.5. The van der Waals surface area contributed by atoms with E-state index in [0.29, 0.717) is 12.8 Å². The van der Waals surface area contributed by atoms with Crippen LogP contribution < -0.4 is 4.74 Å². The smallest absolute Gasteiger partial charge is 0.165 e.